The van der Waals surface area contributed by atoms with Crippen LogP contribution in [0.2, 0.25) is 0 Å². The number of aliphatic hydroxyl groups is 1. The molecule has 37 heteroatoms. The van der Waals surface area contributed by atoms with Crippen molar-refractivity contribution in [3.8, 4) is 0 Å². The van der Waals surface area contributed by atoms with Gasteiger partial charge in [-0.05, 0) is 375 Å². The smallest absolute Gasteiger partial charge is 1.00 e. The van der Waals surface area contributed by atoms with Crippen molar-refractivity contribution in [2.24, 2.45) is 15.0 Å². The molecule has 0 saturated carbocycles. The maximum absolute atomic E-state index is 12.1. The van der Waals surface area contributed by atoms with Gasteiger partial charge in [0.25, 0.3) is 3.25 Å². The predicted octanol–water partition coefficient (Wildman–Crippen LogP) is 22.0. The number of halogens is 9. The topological polar surface area (TPSA) is 212 Å². The standard InChI is InChI=1S/C20H26N4S.C15H21BrN2.C15H23N3.C15H20N2O.C15H22N2.C9H9NO.C6H12ClN.C6H7NS2.C4H8O.C2H6O.CCl4.2CH4.Al.BHNS.2ClH.HI.Li.H/c21-20(19-6-4-14-25-19)22-17-7-8-18-16(15-17)5-3-11-24(18)13-12-23-9-1-2-10-23;2*16-14-5-6-15-13(12-14)4-3-9-18(15)11-10-17-7-1-2-8-17;18-15-8-7-13-5-1-2-6-14(13)17(15)12-11-16-9-3-4-10-16;1-2-8-15-14(6-1)7-5-11-17(15)13-12-16-9-3-4-10-16;11-9-6-5-7-3-1-2-4-8(7)10-9;7-3-6-8-4-1-2-5-8;1-8-6(7)5-3-2-4-9-5;1-2-4-5-3-1;1-2-3;2-1(3,4)5;;;;1-2-3;;;;;/h4,6-8,14-15H,1-3,5,9-13H2,(H2,21,22);5-6,12H,1-4,7-11H2;5-6,12H,1-4,7-11,16H2;1-2,5-6H,3-4,7-12H2;1-2,6,8H,3-5,7,9-13H2;1-4H,5-6H2,(H,10,11);1-6H2;2-4,7H,1H3;1-4H2;3H,2H2,1H3;;2*1H4;;3H;3*1H;;/q;;;;;;;;;;;;;;;;;;+1;-1. The zero-order valence-electron chi connectivity index (χ0n) is 86.9. The average Bonchev–Trinajstić information content (AvgIpc) is 1.37. The molecule has 147 heavy (non-hydrogen) atoms. The van der Waals surface area contributed by atoms with Gasteiger partial charge in [-0.1, -0.05) is 144 Å². The fourth-order valence-corrected chi connectivity index (χ4v) is 22.3. The number of alkyl halides is 5. The third kappa shape index (κ3) is 51.5. The molecule has 4 radical (unpaired) electrons. The van der Waals surface area contributed by atoms with Crippen LogP contribution in [0.15, 0.2) is 176 Å². The number of anilines is 7. The molecular weight excluding hydrogens is 2250 g/mol. The van der Waals surface area contributed by atoms with Crippen LogP contribution in [-0.4, -0.2) is 294 Å². The zero-order valence-corrected chi connectivity index (χ0v) is 99.7. The van der Waals surface area contributed by atoms with Crippen molar-refractivity contribution >= 4 is 263 Å². The molecule has 0 unspecified atom stereocenters. The molecule has 13 aliphatic heterocycles. The van der Waals surface area contributed by atoms with E-state index in [0.717, 1.165) is 104 Å². The van der Waals surface area contributed by atoms with Crippen LogP contribution in [0.4, 0.5) is 45.5 Å². The number of benzene rings is 6. The predicted molar refractivity (Wildman–Crippen MR) is 661 cm³/mol. The second kappa shape index (κ2) is 79.4. The van der Waals surface area contributed by atoms with E-state index < -0.39 is 3.25 Å². The van der Waals surface area contributed by atoms with E-state index in [9.17, 15) is 9.59 Å². The fourth-order valence-electron chi connectivity index (χ4n) is 19.8. The number of aliphatic hydroxyl groups excluding tert-OH is 1. The minimum atomic E-state index is -1.61. The molecule has 8 aromatic rings. The van der Waals surface area contributed by atoms with Crippen LogP contribution in [0.5, 0.6) is 0 Å². The summed E-state index contributed by atoms with van der Waals surface area (Å²) in [5.74, 6) is 1.81. The number of hydrogen-bond donors (Lipinski definition) is 6. The van der Waals surface area contributed by atoms with Gasteiger partial charge in [-0.3, -0.25) is 15.0 Å². The summed E-state index contributed by atoms with van der Waals surface area (Å²) in [5.41, 5.74) is 30.2. The third-order valence-electron chi connectivity index (χ3n) is 26.9. The largest absolute Gasteiger partial charge is 1.00 e. The van der Waals surface area contributed by atoms with E-state index >= 15 is 0 Å². The van der Waals surface area contributed by atoms with Crippen molar-refractivity contribution in [1.29, 1.82) is 5.41 Å². The van der Waals surface area contributed by atoms with Crippen LogP contribution in [-0.2, 0) is 52.9 Å². The number of carbonyl (C=O) groups is 2. The molecule has 21 rings (SSSR count). The molecule has 21 nitrogen and oxygen atoms in total. The number of thiophene rings is 2. The number of thioether (sulfide) groups is 1. The minimum absolute atomic E-state index is 0. The van der Waals surface area contributed by atoms with Gasteiger partial charge in [-0.15, -0.1) is 94.8 Å². The fraction of sp³-hybridized carbons (Fsp3) is 0.564. The number of ether oxygens (including phenoxy) is 1. The third-order valence-corrected chi connectivity index (χ3v) is 30.1. The first-order valence-corrected chi connectivity index (χ1v) is 57.5. The van der Waals surface area contributed by atoms with E-state index in [1.165, 1.54) is 346 Å². The van der Waals surface area contributed by atoms with E-state index in [4.69, 9.17) is 84.7 Å². The van der Waals surface area contributed by atoms with Gasteiger partial charge in [0.05, 0.1) is 15.4 Å². The Morgan fingerprint density at radius 1 is 0.483 bits per heavy atom. The molecule has 810 valence electrons. The number of amidine groups is 1. The number of amides is 2. The first-order valence-electron chi connectivity index (χ1n) is 51.3. The molecule has 0 atom stereocenters. The number of fused-ring (bicyclic) bond motifs is 6. The molecular formula is C110H167AlBBrCl7ILiN17O4S4. The van der Waals surface area contributed by atoms with Gasteiger partial charge in [-0.25, -0.2) is 4.99 Å². The number of nitrogens with one attached hydrogen (secondary N) is 2. The number of nitrogens with zero attached hydrogens (tertiary/aromatic N) is 13. The molecule has 13 aliphatic rings. The van der Waals surface area contributed by atoms with Gasteiger partial charge in [0.2, 0.25) is 11.8 Å². The van der Waals surface area contributed by atoms with Crippen molar-refractivity contribution in [2.45, 2.75) is 192 Å². The minimum Gasteiger partial charge on any atom is -1.00 e. The van der Waals surface area contributed by atoms with Gasteiger partial charge >= 0.3 is 43.6 Å². The van der Waals surface area contributed by atoms with Crippen LogP contribution < -0.4 is 60.1 Å². The summed E-state index contributed by atoms with van der Waals surface area (Å²) in [7, 11) is 4.34. The maximum Gasteiger partial charge on any atom is 1.00 e. The molecule has 15 heterocycles. The summed E-state index contributed by atoms with van der Waals surface area (Å²) in [4.78, 5) is 57.2. The number of hydrogen-bond acceptors (Lipinski definition) is 22. The van der Waals surface area contributed by atoms with Crippen LogP contribution in [0.25, 0.3) is 0 Å². The average molecular weight is 2420 g/mol. The van der Waals surface area contributed by atoms with Crippen LogP contribution in [0.3, 0.4) is 0 Å². The van der Waals surface area contributed by atoms with E-state index in [1.54, 1.807) is 35.2 Å². The van der Waals surface area contributed by atoms with Crippen molar-refractivity contribution in [3.63, 3.8) is 0 Å². The first-order chi connectivity index (χ1) is 68.2. The molecule has 2 aromatic heterocycles. The number of carbonyl (C=O) groups excluding carboxylic acids is 2. The molecule has 7 saturated heterocycles. The summed E-state index contributed by atoms with van der Waals surface area (Å²) in [6, 6.07) is 52.8. The number of rotatable bonds is 20. The monoisotopic (exact) mass is 2410 g/mol. The Hall–Kier alpha value is -3.59. The Kier molecular flexibility index (Phi) is 74.3. The molecule has 0 aliphatic carbocycles. The van der Waals surface area contributed by atoms with E-state index in [1.807, 2.05) is 76.5 Å². The maximum atomic E-state index is 12.1. The Labute approximate surface area is 989 Å². The summed E-state index contributed by atoms with van der Waals surface area (Å²) in [6.07, 6.45) is 33.9. The zero-order chi connectivity index (χ0) is 99.3. The summed E-state index contributed by atoms with van der Waals surface area (Å²) < 4.78 is 7.24. The molecule has 0 spiro atoms. The van der Waals surface area contributed by atoms with Gasteiger partial charge in [-0.2, -0.15) is 0 Å². The Bertz CT molecular complexity index is 4830. The summed E-state index contributed by atoms with van der Waals surface area (Å²) in [5, 5.41) is 22.4. The number of aliphatic imine (C=N–C) groups is 1. The van der Waals surface area contributed by atoms with Gasteiger partial charge in [0.15, 0.2) is 0 Å². The van der Waals surface area contributed by atoms with E-state index in [2.05, 4.69) is 197 Å². The Morgan fingerprint density at radius 2 is 0.837 bits per heavy atom. The normalized spacial score (nSPS) is 17.3. The number of likely N-dealkylation sites (tertiary alicyclic amines) is 6. The second-order valence-corrected chi connectivity index (χ2v) is 44.7. The number of para-hydroxylation sites is 3. The van der Waals surface area contributed by atoms with Gasteiger partial charge < -0.3 is 82.0 Å². The van der Waals surface area contributed by atoms with Crippen molar-refractivity contribution in [3.05, 3.63) is 210 Å². The van der Waals surface area contributed by atoms with Crippen LogP contribution in [0.1, 0.15) is 195 Å². The molecule has 7 fully saturated rings. The molecule has 2 amide bonds. The van der Waals surface area contributed by atoms with E-state index in [-0.39, 0.29) is 120 Å². The molecule has 6 aromatic carbocycles. The SMILES string of the molecule is Brc1ccc2c(c1)CCCN2CCN1CCCC1.C.C.C1CCOC1.CCO.CSC(=N)c1cccs1.Cl.Cl.ClC(Cl)(Cl)Cl.ClCCN1CCCC1.I.NC(=Nc1ccc2c(c1)CCCN2CCN1CCCC1)c1cccs1.Nc1ccc2c(c1)CCCN2CCN1CCCC1.O=C1CCc2ccccc2N1.O=C1CCc2ccccc2N1CCN1CCCC1.[Al].[B]=NS.[H-].[Li+].c1ccc2c(c1)CCCN2CCN1CCCC1. The van der Waals surface area contributed by atoms with Crippen molar-refractivity contribution in [1.82, 2.24) is 29.4 Å². The Morgan fingerprint density at radius 3 is 1.25 bits per heavy atom. The quantitative estimate of drug-likeness (QED) is 0.00797. The number of thiol groups is 1. The summed E-state index contributed by atoms with van der Waals surface area (Å²) >= 11 is 36.3. The van der Waals surface area contributed by atoms with Crippen LogP contribution >= 0.6 is 170 Å². The number of nitrogens with two attached hydrogens (primary N) is 2. The number of nitrogen functional groups attached to an aromatic ring is 1. The van der Waals surface area contributed by atoms with Gasteiger partial charge in [0.1, 0.15) is 10.9 Å². The molecule has 7 N–H and O–H groups in total. The van der Waals surface area contributed by atoms with Crippen molar-refractivity contribution in [2.75, 3.05) is 244 Å². The second-order valence-electron chi connectivity index (χ2n) is 37.0. The first kappa shape index (κ1) is 138. The van der Waals surface area contributed by atoms with Crippen LogP contribution in [0, 0.1) is 5.41 Å². The van der Waals surface area contributed by atoms with E-state index in [0.29, 0.717) is 23.7 Å². The van der Waals surface area contributed by atoms with Crippen molar-refractivity contribution < 1.29 is 39.7 Å². The Balaban J connectivity index is 0.000000563. The molecule has 0 bridgehead atoms. The summed E-state index contributed by atoms with van der Waals surface area (Å²) in [6.45, 7) is 36.6. The number of aryl methyl sites for hydroxylation is 6. The van der Waals surface area contributed by atoms with Gasteiger partial charge in [0, 0.05) is 198 Å².